The first-order chi connectivity index (χ1) is 4.97. The van der Waals surface area contributed by atoms with Crippen molar-refractivity contribution in [3.8, 4) is 0 Å². The summed E-state index contributed by atoms with van der Waals surface area (Å²) in [6, 6.07) is 8.37. The van der Waals surface area contributed by atoms with E-state index < -0.39 is 0 Å². The van der Waals surface area contributed by atoms with Crippen LogP contribution in [0.1, 0.15) is 5.56 Å². The topological polar surface area (TPSA) is 12.4 Å². The van der Waals surface area contributed by atoms with E-state index in [0.29, 0.717) is 0 Å². The fraction of sp³-hybridized carbons (Fsp3) is 0.125. The molecule has 2 heteroatoms. The van der Waals surface area contributed by atoms with Gasteiger partial charge in [0.05, 0.1) is 0 Å². The van der Waals surface area contributed by atoms with Crippen LogP contribution in [0.2, 0.25) is 0 Å². The van der Waals surface area contributed by atoms with Crippen molar-refractivity contribution < 1.29 is 0 Å². The second kappa shape index (κ2) is 2.46. The molecule has 10 heavy (non-hydrogen) atoms. The zero-order valence-electron chi connectivity index (χ0n) is 5.45. The lowest BCUT2D eigenvalue weighted by molar-refractivity contribution is 1.22. The van der Waals surface area contributed by atoms with Crippen molar-refractivity contribution in [2.24, 2.45) is 4.40 Å². The van der Waals surface area contributed by atoms with Gasteiger partial charge in [0, 0.05) is 29.5 Å². The molecule has 0 atom stereocenters. The van der Waals surface area contributed by atoms with Gasteiger partial charge in [-0.25, -0.2) is 4.40 Å². The quantitative estimate of drug-likeness (QED) is 0.516. The lowest BCUT2D eigenvalue weighted by Gasteiger charge is -2.06. The van der Waals surface area contributed by atoms with Gasteiger partial charge in [-0.05, 0) is 11.6 Å². The lowest BCUT2D eigenvalue weighted by Crippen LogP contribution is -1.92. The average Bonchev–Trinajstić information content (AvgIpc) is 2.05. The molecule has 0 amide bonds. The molecule has 1 nitrogen and oxygen atoms in total. The summed E-state index contributed by atoms with van der Waals surface area (Å²) in [5.41, 5.74) is 1.39. The molecular weight excluding hydrogens is 142 g/mol. The number of fused-ring (bicyclic) bond motifs is 1. The van der Waals surface area contributed by atoms with E-state index in [-0.39, 0.29) is 0 Å². The van der Waals surface area contributed by atoms with Crippen molar-refractivity contribution in [1.82, 2.24) is 0 Å². The van der Waals surface area contributed by atoms with Gasteiger partial charge >= 0.3 is 0 Å². The second-order valence-corrected chi connectivity index (χ2v) is 3.02. The maximum Gasteiger partial charge on any atom is 0.0341 e. The summed E-state index contributed by atoms with van der Waals surface area (Å²) in [5.74, 6) is 0. The van der Waals surface area contributed by atoms with Crippen molar-refractivity contribution in [1.29, 1.82) is 0 Å². The molecule has 0 saturated carbocycles. The molecule has 0 radical (unpaired) electrons. The van der Waals surface area contributed by atoms with Crippen LogP contribution in [-0.2, 0) is 6.42 Å². The average molecular weight is 149 g/mol. The maximum absolute atomic E-state index is 4.11. The summed E-state index contributed by atoms with van der Waals surface area (Å²) in [4.78, 5) is 1.30. The fourth-order valence-electron chi connectivity index (χ4n) is 0.991. The number of nitrogens with zero attached hydrogens (tertiary/aromatic N) is 1. The van der Waals surface area contributed by atoms with Crippen LogP contribution in [0.4, 0.5) is 0 Å². The zero-order valence-corrected chi connectivity index (χ0v) is 6.27. The highest BCUT2D eigenvalue weighted by Crippen LogP contribution is 2.26. The van der Waals surface area contributed by atoms with Crippen LogP contribution in [0.15, 0.2) is 33.6 Å². The molecule has 0 fully saturated rings. The van der Waals surface area contributed by atoms with E-state index in [2.05, 4.69) is 22.6 Å². The summed E-state index contributed by atoms with van der Waals surface area (Å²) in [6.45, 7) is 0. The summed E-state index contributed by atoms with van der Waals surface area (Å²) >= 11 is 1.56. The minimum atomic E-state index is 0.989. The molecule has 0 aliphatic carbocycles. The van der Waals surface area contributed by atoms with Gasteiger partial charge in [0.25, 0.3) is 0 Å². The molecule has 1 aliphatic heterocycles. The van der Waals surface area contributed by atoms with Crippen molar-refractivity contribution in [2.75, 3.05) is 0 Å². The van der Waals surface area contributed by atoms with Crippen LogP contribution in [0.25, 0.3) is 0 Å². The molecule has 0 saturated heterocycles. The van der Waals surface area contributed by atoms with Crippen LogP contribution in [-0.4, -0.2) is 6.21 Å². The highest BCUT2D eigenvalue weighted by atomic mass is 32.2. The Bertz CT molecular complexity index is 241. The zero-order chi connectivity index (χ0) is 6.81. The molecule has 2 rings (SSSR count). The van der Waals surface area contributed by atoms with Gasteiger partial charge in [-0.2, -0.15) is 0 Å². The Balaban J connectivity index is 2.47. The van der Waals surface area contributed by atoms with Gasteiger partial charge in [0.1, 0.15) is 0 Å². The van der Waals surface area contributed by atoms with E-state index in [1.54, 1.807) is 11.9 Å². The van der Waals surface area contributed by atoms with Gasteiger partial charge in [0.2, 0.25) is 0 Å². The molecule has 1 aliphatic rings. The number of benzene rings is 1. The number of hydrogen-bond donors (Lipinski definition) is 0. The van der Waals surface area contributed by atoms with Crippen molar-refractivity contribution in [3.63, 3.8) is 0 Å². The molecule has 1 aromatic carbocycles. The summed E-state index contributed by atoms with van der Waals surface area (Å²) in [7, 11) is 0. The molecule has 1 aromatic rings. The Hall–Kier alpha value is -0.760. The van der Waals surface area contributed by atoms with E-state index in [9.17, 15) is 0 Å². The van der Waals surface area contributed by atoms with Gasteiger partial charge in [-0.3, -0.25) is 0 Å². The Morgan fingerprint density at radius 2 is 2.20 bits per heavy atom. The minimum Gasteiger partial charge on any atom is -0.223 e. The van der Waals surface area contributed by atoms with Crippen LogP contribution in [0.3, 0.4) is 0 Å². The highest BCUT2D eigenvalue weighted by molar-refractivity contribution is 7.98. The van der Waals surface area contributed by atoms with E-state index >= 15 is 0 Å². The molecule has 1 heterocycles. The third kappa shape index (κ3) is 0.948. The van der Waals surface area contributed by atoms with E-state index in [0.717, 1.165) is 6.42 Å². The van der Waals surface area contributed by atoms with E-state index in [4.69, 9.17) is 0 Å². The van der Waals surface area contributed by atoms with E-state index in [1.807, 2.05) is 12.3 Å². The number of hydrogen-bond acceptors (Lipinski definition) is 2. The number of rotatable bonds is 0. The fourth-order valence-corrected chi connectivity index (χ4v) is 1.66. The summed E-state index contributed by atoms with van der Waals surface area (Å²) in [6.07, 6.45) is 2.94. The van der Waals surface area contributed by atoms with Crippen LogP contribution < -0.4 is 0 Å². The summed E-state index contributed by atoms with van der Waals surface area (Å²) < 4.78 is 4.11. The standard InChI is InChI=1S/C8H7NS/c1-2-4-8-7(3-1)5-6-9-10-8/h1-4,6H,5H2. The first kappa shape index (κ1) is 5.98. The largest absolute Gasteiger partial charge is 0.223 e. The molecule has 0 bridgehead atoms. The molecule has 0 aromatic heterocycles. The monoisotopic (exact) mass is 149 g/mol. The third-order valence-electron chi connectivity index (χ3n) is 1.51. The van der Waals surface area contributed by atoms with Crippen molar-refractivity contribution in [3.05, 3.63) is 29.8 Å². The molecule has 50 valence electrons. The highest BCUT2D eigenvalue weighted by Gasteiger charge is 2.03. The van der Waals surface area contributed by atoms with Crippen LogP contribution in [0.5, 0.6) is 0 Å². The SMILES string of the molecule is C1=NSc2ccccc2C1. The first-order valence-corrected chi connectivity index (χ1v) is 4.01. The van der Waals surface area contributed by atoms with E-state index in [1.165, 1.54) is 10.5 Å². The van der Waals surface area contributed by atoms with Gasteiger partial charge in [-0.15, -0.1) is 0 Å². The predicted molar refractivity (Wildman–Crippen MR) is 44.5 cm³/mol. The smallest absolute Gasteiger partial charge is 0.0341 e. The van der Waals surface area contributed by atoms with Crippen molar-refractivity contribution in [2.45, 2.75) is 11.3 Å². The molecule has 0 spiro atoms. The molecular formula is C8H7NS. The predicted octanol–water partition coefficient (Wildman–Crippen LogP) is 2.32. The molecule has 0 N–H and O–H groups in total. The molecule has 0 unspecified atom stereocenters. The Morgan fingerprint density at radius 1 is 1.30 bits per heavy atom. The maximum atomic E-state index is 4.11. The van der Waals surface area contributed by atoms with Crippen LogP contribution in [0, 0.1) is 0 Å². The van der Waals surface area contributed by atoms with Crippen LogP contribution >= 0.6 is 11.9 Å². The summed E-state index contributed by atoms with van der Waals surface area (Å²) in [5, 5.41) is 0. The normalized spacial score (nSPS) is 14.8. The lowest BCUT2D eigenvalue weighted by atomic mass is 10.2. The van der Waals surface area contributed by atoms with Gasteiger partial charge in [0.15, 0.2) is 0 Å². The Kier molecular flexibility index (Phi) is 1.47. The van der Waals surface area contributed by atoms with Crippen molar-refractivity contribution >= 4 is 18.2 Å². The second-order valence-electron chi connectivity index (χ2n) is 2.19. The van der Waals surface area contributed by atoms with Gasteiger partial charge in [-0.1, -0.05) is 18.2 Å². The Labute approximate surface area is 64.3 Å². The van der Waals surface area contributed by atoms with Gasteiger partial charge < -0.3 is 0 Å². The first-order valence-electron chi connectivity index (χ1n) is 3.23. The minimum absolute atomic E-state index is 0.989. The Morgan fingerprint density at radius 3 is 3.10 bits per heavy atom. The third-order valence-corrected chi connectivity index (χ3v) is 2.36.